The molecule has 142 valence electrons. The molecule has 0 aliphatic carbocycles. The number of carbonyl (C=O) groups excluding carboxylic acids is 1. The van der Waals surface area contributed by atoms with Crippen LogP contribution in [0.25, 0.3) is 0 Å². The monoisotopic (exact) mass is 416 g/mol. The van der Waals surface area contributed by atoms with Gasteiger partial charge in [0.1, 0.15) is 5.75 Å². The fraction of sp³-hybridized carbons (Fsp3) is 0.529. The number of thioether (sulfide) groups is 1. The molecule has 0 aromatic heterocycles. The molecule has 1 aromatic carbocycles. The lowest BCUT2D eigenvalue weighted by atomic mass is 10.1. The number of fused-ring (bicyclic) bond motifs is 1. The second-order valence-electron chi connectivity index (χ2n) is 6.87. The van der Waals surface area contributed by atoms with E-state index in [1.165, 1.54) is 11.8 Å². The first-order valence-corrected chi connectivity index (χ1v) is 11.4. The van der Waals surface area contributed by atoms with Gasteiger partial charge in [0.05, 0.1) is 30.3 Å². The van der Waals surface area contributed by atoms with Crippen LogP contribution >= 0.6 is 23.4 Å². The zero-order valence-electron chi connectivity index (χ0n) is 14.8. The number of nitrogens with zero attached hydrogens (tertiary/aromatic N) is 2. The van der Waals surface area contributed by atoms with Gasteiger partial charge in [-0.15, -0.1) is 0 Å². The molecule has 9 heteroatoms. The quantitative estimate of drug-likeness (QED) is 0.750. The molecule has 2 aliphatic heterocycles. The Morgan fingerprint density at radius 2 is 2.15 bits per heavy atom. The van der Waals surface area contributed by atoms with E-state index in [-0.39, 0.29) is 34.6 Å². The predicted molar refractivity (Wildman–Crippen MR) is 106 cm³/mol. The Bertz CT molecular complexity index is 854. The average molecular weight is 417 g/mol. The van der Waals surface area contributed by atoms with Crippen LogP contribution in [0.3, 0.4) is 0 Å². The number of benzene rings is 1. The van der Waals surface area contributed by atoms with Gasteiger partial charge in [0.2, 0.25) is 5.91 Å². The molecule has 0 unspecified atom stereocenters. The maximum absolute atomic E-state index is 12.3. The van der Waals surface area contributed by atoms with Crippen LogP contribution in [0.2, 0.25) is 5.02 Å². The summed E-state index contributed by atoms with van der Waals surface area (Å²) in [7, 11) is -1.58. The number of rotatable bonds is 4. The molecular formula is C17H21ClN2O4S2. The number of carbonyl (C=O) groups is 1. The van der Waals surface area contributed by atoms with Crippen LogP contribution in [0.1, 0.15) is 20.3 Å². The van der Waals surface area contributed by atoms with E-state index in [1.807, 2.05) is 18.7 Å². The van der Waals surface area contributed by atoms with Crippen molar-refractivity contribution in [2.45, 2.75) is 31.6 Å². The van der Waals surface area contributed by atoms with Crippen LogP contribution in [0.15, 0.2) is 23.2 Å². The molecule has 0 radical (unpaired) electrons. The number of hydrogen-bond donors (Lipinski definition) is 0. The second-order valence-corrected chi connectivity index (χ2v) is 10.7. The summed E-state index contributed by atoms with van der Waals surface area (Å²) in [4.78, 5) is 18.3. The van der Waals surface area contributed by atoms with Crippen molar-refractivity contribution in [3.8, 4) is 5.75 Å². The molecule has 0 bridgehead atoms. The van der Waals surface area contributed by atoms with Crippen LogP contribution in [0.5, 0.6) is 5.75 Å². The Labute approximate surface area is 162 Å². The van der Waals surface area contributed by atoms with Crippen molar-refractivity contribution in [2.75, 3.05) is 23.5 Å². The van der Waals surface area contributed by atoms with E-state index in [9.17, 15) is 13.2 Å². The number of anilines is 1. The lowest BCUT2D eigenvalue weighted by molar-refractivity contribution is -0.118. The smallest absolute Gasteiger partial charge is 0.248 e. The van der Waals surface area contributed by atoms with E-state index >= 15 is 0 Å². The van der Waals surface area contributed by atoms with Gasteiger partial charge in [0.15, 0.2) is 15.0 Å². The van der Waals surface area contributed by atoms with Crippen molar-refractivity contribution in [1.29, 1.82) is 0 Å². The Hall–Kier alpha value is -1.25. The normalized spacial score (nSPS) is 25.7. The maximum atomic E-state index is 12.3. The van der Waals surface area contributed by atoms with Crippen molar-refractivity contribution in [1.82, 2.24) is 0 Å². The number of sulfone groups is 1. The molecular weight excluding hydrogens is 396 g/mol. The third kappa shape index (κ3) is 4.02. The van der Waals surface area contributed by atoms with Gasteiger partial charge in [-0.3, -0.25) is 4.79 Å². The summed E-state index contributed by atoms with van der Waals surface area (Å²) >= 11 is 7.50. The molecule has 3 rings (SSSR count). The van der Waals surface area contributed by atoms with Gasteiger partial charge in [0.25, 0.3) is 0 Å². The molecule has 1 aromatic rings. The van der Waals surface area contributed by atoms with Gasteiger partial charge >= 0.3 is 0 Å². The molecule has 0 saturated carbocycles. The average Bonchev–Trinajstić information content (AvgIpc) is 2.97. The Morgan fingerprint density at radius 3 is 2.81 bits per heavy atom. The van der Waals surface area contributed by atoms with Crippen molar-refractivity contribution in [3.05, 3.63) is 23.2 Å². The Kier molecular flexibility index (Phi) is 5.55. The third-order valence-electron chi connectivity index (χ3n) is 4.27. The summed E-state index contributed by atoms with van der Waals surface area (Å²) < 4.78 is 29.7. The predicted octanol–water partition coefficient (Wildman–Crippen LogP) is 3.00. The maximum Gasteiger partial charge on any atom is 0.248 e. The number of aliphatic imine (C=N–C) groups is 1. The topological polar surface area (TPSA) is 76.0 Å². The first-order valence-electron chi connectivity index (χ1n) is 8.31. The van der Waals surface area contributed by atoms with Gasteiger partial charge < -0.3 is 9.64 Å². The Balaban J connectivity index is 2.05. The molecule has 2 atom stereocenters. The summed E-state index contributed by atoms with van der Waals surface area (Å²) in [6, 6.07) is 4.86. The molecule has 2 saturated heterocycles. The van der Waals surface area contributed by atoms with Crippen LogP contribution in [0.4, 0.5) is 5.69 Å². The fourth-order valence-corrected chi connectivity index (χ4v) is 7.29. The number of ether oxygens (including phenoxy) is 1. The van der Waals surface area contributed by atoms with Gasteiger partial charge in [-0.2, -0.15) is 4.99 Å². The highest BCUT2D eigenvalue weighted by Crippen LogP contribution is 2.44. The third-order valence-corrected chi connectivity index (χ3v) is 7.72. The van der Waals surface area contributed by atoms with E-state index in [2.05, 4.69) is 4.99 Å². The van der Waals surface area contributed by atoms with Crippen LogP contribution in [-0.2, 0) is 14.6 Å². The molecule has 6 nitrogen and oxygen atoms in total. The molecule has 2 heterocycles. The number of amides is 1. The van der Waals surface area contributed by atoms with Gasteiger partial charge in [-0.1, -0.05) is 37.2 Å². The second kappa shape index (κ2) is 7.40. The van der Waals surface area contributed by atoms with Gasteiger partial charge in [0, 0.05) is 16.7 Å². The summed E-state index contributed by atoms with van der Waals surface area (Å²) in [5, 5.41) is 0.860. The molecule has 1 amide bonds. The summed E-state index contributed by atoms with van der Waals surface area (Å²) in [6.07, 6.45) is 0.345. The minimum atomic E-state index is -3.12. The highest BCUT2D eigenvalue weighted by molar-refractivity contribution is 8.16. The van der Waals surface area contributed by atoms with E-state index in [0.717, 1.165) is 0 Å². The van der Waals surface area contributed by atoms with Crippen LogP contribution in [0, 0.1) is 5.92 Å². The SMILES string of the molecule is COc1ccc(Cl)cc1N1C(=NC(=O)CC(C)C)S[C@@H]2CS(=O)(=O)C[C@@H]21. The Morgan fingerprint density at radius 1 is 1.42 bits per heavy atom. The van der Waals surface area contributed by atoms with Crippen molar-refractivity contribution < 1.29 is 17.9 Å². The van der Waals surface area contributed by atoms with E-state index in [4.69, 9.17) is 16.3 Å². The van der Waals surface area contributed by atoms with Crippen molar-refractivity contribution >= 4 is 50.0 Å². The molecule has 2 aliphatic rings. The van der Waals surface area contributed by atoms with Crippen molar-refractivity contribution in [2.24, 2.45) is 10.9 Å². The van der Waals surface area contributed by atoms with Gasteiger partial charge in [-0.25, -0.2) is 8.42 Å². The molecule has 0 N–H and O–H groups in total. The lowest BCUT2D eigenvalue weighted by Crippen LogP contribution is -2.38. The standard InChI is InChI=1S/C17H21ClN2O4S2/c1-10(2)6-16(21)19-17-20(12-7-11(18)4-5-14(12)24-3)13-8-26(22,23)9-15(13)25-17/h4-5,7,10,13,15H,6,8-9H2,1-3H3/t13-,15+/m0/s1. The molecule has 26 heavy (non-hydrogen) atoms. The van der Waals surface area contributed by atoms with E-state index in [0.29, 0.717) is 28.0 Å². The van der Waals surface area contributed by atoms with Crippen LogP contribution in [-0.4, -0.2) is 49.4 Å². The molecule has 0 spiro atoms. The van der Waals surface area contributed by atoms with E-state index in [1.54, 1.807) is 25.3 Å². The van der Waals surface area contributed by atoms with Crippen molar-refractivity contribution in [3.63, 3.8) is 0 Å². The zero-order valence-corrected chi connectivity index (χ0v) is 17.2. The largest absolute Gasteiger partial charge is 0.495 e. The highest BCUT2D eigenvalue weighted by atomic mass is 35.5. The minimum absolute atomic E-state index is 0.0255. The number of methoxy groups -OCH3 is 1. The summed E-state index contributed by atoms with van der Waals surface area (Å²) in [6.45, 7) is 3.91. The first-order chi connectivity index (χ1) is 12.2. The minimum Gasteiger partial charge on any atom is -0.495 e. The number of hydrogen-bond acceptors (Lipinski definition) is 5. The van der Waals surface area contributed by atoms with E-state index < -0.39 is 9.84 Å². The zero-order chi connectivity index (χ0) is 19.1. The van der Waals surface area contributed by atoms with Gasteiger partial charge in [-0.05, 0) is 24.1 Å². The number of amidine groups is 1. The summed E-state index contributed by atoms with van der Waals surface area (Å²) in [5.41, 5.74) is 0.633. The number of halogens is 1. The first kappa shape index (κ1) is 19.5. The highest BCUT2D eigenvalue weighted by Gasteiger charge is 2.50. The fourth-order valence-electron chi connectivity index (χ4n) is 3.20. The lowest BCUT2D eigenvalue weighted by Gasteiger charge is -2.26. The molecule has 2 fully saturated rings. The summed E-state index contributed by atoms with van der Waals surface area (Å²) in [5.74, 6) is 0.657. The van der Waals surface area contributed by atoms with Crippen LogP contribution < -0.4 is 9.64 Å².